The fraction of sp³-hybridized carbons (Fsp3) is 0.353. The number of pyridine rings is 1. The van der Waals surface area contributed by atoms with E-state index in [-0.39, 0.29) is 18.3 Å². The molecule has 3 rings (SSSR count). The maximum Gasteiger partial charge on any atom is 0.487 e. The number of aromatic nitrogens is 1. The van der Waals surface area contributed by atoms with Crippen LogP contribution in [0.5, 0.6) is 0 Å². The number of hydrogen-bond acceptors (Lipinski definition) is 3. The Morgan fingerprint density at radius 3 is 2.48 bits per heavy atom. The molecule has 1 aromatic heterocycles. The molecular weight excluding hydrogens is 261 g/mol. The van der Waals surface area contributed by atoms with Crippen LogP contribution in [0.2, 0.25) is 0 Å². The van der Waals surface area contributed by atoms with Gasteiger partial charge in [0.25, 0.3) is 0 Å². The molecular formula is C17H20BNO2. The Bertz CT molecular complexity index is 678. The SMILES string of the molecule is CC1(C)OB(C=Cc2ccc3ncccc3c2)OC1(C)C. The number of rotatable bonds is 2. The lowest BCUT2D eigenvalue weighted by Crippen LogP contribution is -2.41. The highest BCUT2D eigenvalue weighted by Gasteiger charge is 2.49. The lowest BCUT2D eigenvalue weighted by Gasteiger charge is -2.32. The summed E-state index contributed by atoms with van der Waals surface area (Å²) in [5, 5.41) is 1.13. The second-order valence-corrected chi connectivity index (χ2v) is 6.44. The van der Waals surface area contributed by atoms with Crippen molar-refractivity contribution >= 4 is 24.1 Å². The molecule has 1 fully saturated rings. The second kappa shape index (κ2) is 4.97. The van der Waals surface area contributed by atoms with Crippen LogP contribution in [0.25, 0.3) is 17.0 Å². The molecule has 0 bridgehead atoms. The lowest BCUT2D eigenvalue weighted by atomic mass is 9.89. The van der Waals surface area contributed by atoms with Gasteiger partial charge in [-0.3, -0.25) is 4.98 Å². The summed E-state index contributed by atoms with van der Waals surface area (Å²) in [7, 11) is -0.306. The molecule has 2 aromatic rings. The van der Waals surface area contributed by atoms with Gasteiger partial charge in [-0.1, -0.05) is 24.2 Å². The first-order valence-electron chi connectivity index (χ1n) is 7.26. The van der Waals surface area contributed by atoms with E-state index < -0.39 is 0 Å². The quantitative estimate of drug-likeness (QED) is 0.783. The summed E-state index contributed by atoms with van der Waals surface area (Å²) >= 11 is 0. The zero-order valence-corrected chi connectivity index (χ0v) is 13.0. The number of fused-ring (bicyclic) bond motifs is 1. The zero-order valence-electron chi connectivity index (χ0n) is 13.0. The summed E-state index contributed by atoms with van der Waals surface area (Å²) in [6.45, 7) is 8.23. The van der Waals surface area contributed by atoms with Crippen LogP contribution in [-0.4, -0.2) is 23.3 Å². The van der Waals surface area contributed by atoms with Crippen molar-refractivity contribution in [3.8, 4) is 0 Å². The van der Waals surface area contributed by atoms with Crippen molar-refractivity contribution in [2.24, 2.45) is 0 Å². The Morgan fingerprint density at radius 2 is 1.76 bits per heavy atom. The average molecular weight is 281 g/mol. The van der Waals surface area contributed by atoms with Gasteiger partial charge in [0.2, 0.25) is 0 Å². The van der Waals surface area contributed by atoms with Crippen LogP contribution in [0, 0.1) is 0 Å². The van der Waals surface area contributed by atoms with Crippen molar-refractivity contribution in [1.82, 2.24) is 4.98 Å². The van der Waals surface area contributed by atoms with Gasteiger partial charge in [0.05, 0.1) is 16.7 Å². The van der Waals surface area contributed by atoms with Gasteiger partial charge in [-0.15, -0.1) is 0 Å². The Kier molecular flexibility index (Phi) is 3.38. The van der Waals surface area contributed by atoms with Gasteiger partial charge in [0.15, 0.2) is 0 Å². The fourth-order valence-electron chi connectivity index (χ4n) is 2.35. The van der Waals surface area contributed by atoms with Gasteiger partial charge in [0.1, 0.15) is 0 Å². The van der Waals surface area contributed by atoms with Crippen molar-refractivity contribution in [3.63, 3.8) is 0 Å². The van der Waals surface area contributed by atoms with E-state index in [1.54, 1.807) is 0 Å². The van der Waals surface area contributed by atoms with E-state index in [1.165, 1.54) is 0 Å². The molecule has 0 unspecified atom stereocenters. The molecule has 1 aliphatic heterocycles. The Morgan fingerprint density at radius 1 is 1.05 bits per heavy atom. The third-order valence-corrected chi connectivity index (χ3v) is 4.34. The lowest BCUT2D eigenvalue weighted by molar-refractivity contribution is 0.00578. The molecule has 0 saturated carbocycles. The van der Waals surface area contributed by atoms with Gasteiger partial charge < -0.3 is 9.31 Å². The van der Waals surface area contributed by atoms with E-state index in [0.29, 0.717) is 0 Å². The van der Waals surface area contributed by atoms with Crippen molar-refractivity contribution in [3.05, 3.63) is 48.1 Å². The molecule has 21 heavy (non-hydrogen) atoms. The van der Waals surface area contributed by atoms with E-state index in [9.17, 15) is 0 Å². The van der Waals surface area contributed by atoms with Crippen LogP contribution in [0.15, 0.2) is 42.5 Å². The zero-order chi connectivity index (χ0) is 15.1. The molecule has 0 atom stereocenters. The summed E-state index contributed by atoms with van der Waals surface area (Å²) in [6, 6.07) is 10.2. The molecule has 0 spiro atoms. The maximum absolute atomic E-state index is 5.95. The van der Waals surface area contributed by atoms with Gasteiger partial charge >= 0.3 is 7.12 Å². The fourth-order valence-corrected chi connectivity index (χ4v) is 2.35. The molecule has 0 aliphatic carbocycles. The topological polar surface area (TPSA) is 31.4 Å². The Hall–Kier alpha value is -1.65. The maximum atomic E-state index is 5.95. The number of benzene rings is 1. The molecule has 1 saturated heterocycles. The van der Waals surface area contributed by atoms with E-state index in [1.807, 2.05) is 30.4 Å². The summed E-state index contributed by atoms with van der Waals surface area (Å²) in [6.07, 6.45) is 3.84. The molecule has 3 nitrogen and oxygen atoms in total. The van der Waals surface area contributed by atoms with Crippen molar-refractivity contribution in [1.29, 1.82) is 0 Å². The summed E-state index contributed by atoms with van der Waals surface area (Å²) in [5.74, 6) is 1.97. The molecule has 4 heteroatoms. The molecule has 0 N–H and O–H groups in total. The molecule has 108 valence electrons. The highest BCUT2D eigenvalue weighted by atomic mass is 16.7. The standard InChI is InChI=1S/C17H20BNO2/c1-16(2)17(3,4)21-18(20-16)10-9-13-7-8-15-14(12-13)6-5-11-19-15/h5-12H,1-4H3. The van der Waals surface area contributed by atoms with Crippen molar-refractivity contribution < 1.29 is 9.31 Å². The highest BCUT2D eigenvalue weighted by molar-refractivity contribution is 6.52. The minimum atomic E-state index is -0.306. The average Bonchev–Trinajstić information content (AvgIpc) is 2.64. The predicted octanol–water partition coefficient (Wildman–Crippen LogP) is 3.88. The molecule has 2 heterocycles. The Labute approximate surface area is 126 Å². The monoisotopic (exact) mass is 281 g/mol. The minimum Gasteiger partial charge on any atom is -0.400 e. The number of hydrogen-bond donors (Lipinski definition) is 0. The van der Waals surface area contributed by atoms with Crippen molar-refractivity contribution in [2.75, 3.05) is 0 Å². The smallest absolute Gasteiger partial charge is 0.400 e. The normalized spacial score (nSPS) is 20.5. The third-order valence-electron chi connectivity index (χ3n) is 4.34. The Balaban J connectivity index is 1.79. The largest absolute Gasteiger partial charge is 0.487 e. The van der Waals surface area contributed by atoms with E-state index in [4.69, 9.17) is 9.31 Å². The summed E-state index contributed by atoms with van der Waals surface area (Å²) in [5.41, 5.74) is 1.53. The van der Waals surface area contributed by atoms with Gasteiger partial charge in [0, 0.05) is 11.6 Å². The van der Waals surface area contributed by atoms with Gasteiger partial charge in [-0.25, -0.2) is 0 Å². The van der Waals surface area contributed by atoms with Crippen LogP contribution in [0.4, 0.5) is 0 Å². The minimum absolute atomic E-state index is 0.296. The van der Waals surface area contributed by atoms with Crippen LogP contribution < -0.4 is 0 Å². The second-order valence-electron chi connectivity index (χ2n) is 6.44. The van der Waals surface area contributed by atoms with E-state index >= 15 is 0 Å². The summed E-state index contributed by atoms with van der Waals surface area (Å²) < 4.78 is 11.9. The van der Waals surface area contributed by atoms with Crippen LogP contribution in [0.3, 0.4) is 0 Å². The summed E-state index contributed by atoms with van der Waals surface area (Å²) in [4.78, 5) is 4.32. The molecule has 1 aliphatic rings. The van der Waals surface area contributed by atoms with Crippen LogP contribution in [-0.2, 0) is 9.31 Å². The van der Waals surface area contributed by atoms with Gasteiger partial charge in [-0.05, 0) is 51.5 Å². The van der Waals surface area contributed by atoms with Crippen LogP contribution in [0.1, 0.15) is 33.3 Å². The third kappa shape index (κ3) is 2.74. The molecule has 1 aromatic carbocycles. The predicted molar refractivity (Wildman–Crippen MR) is 86.9 cm³/mol. The van der Waals surface area contributed by atoms with E-state index in [2.05, 4.69) is 50.9 Å². The van der Waals surface area contributed by atoms with Crippen LogP contribution >= 0.6 is 0 Å². The number of nitrogens with zero attached hydrogens (tertiary/aromatic N) is 1. The molecule has 0 radical (unpaired) electrons. The van der Waals surface area contributed by atoms with Crippen molar-refractivity contribution in [2.45, 2.75) is 38.9 Å². The first kappa shape index (κ1) is 14.3. The molecule has 0 amide bonds. The highest BCUT2D eigenvalue weighted by Crippen LogP contribution is 2.37. The first-order chi connectivity index (χ1) is 9.87. The van der Waals surface area contributed by atoms with Gasteiger partial charge in [-0.2, -0.15) is 0 Å². The first-order valence-corrected chi connectivity index (χ1v) is 7.26. The van der Waals surface area contributed by atoms with E-state index in [0.717, 1.165) is 16.5 Å².